The van der Waals surface area contributed by atoms with E-state index >= 15 is 0 Å². The topological polar surface area (TPSA) is 24.5 Å². The van der Waals surface area contributed by atoms with Gasteiger partial charge in [-0.2, -0.15) is 0 Å². The first-order valence-electron chi connectivity index (χ1n) is 6.95. The molecule has 0 aliphatic carbocycles. The Kier molecular flexibility index (Phi) is 6.61. The van der Waals surface area contributed by atoms with Crippen molar-refractivity contribution in [2.75, 3.05) is 39.9 Å². The summed E-state index contributed by atoms with van der Waals surface area (Å²) in [7, 11) is 2.19. The van der Waals surface area contributed by atoms with Gasteiger partial charge in [0, 0.05) is 37.7 Å². The van der Waals surface area contributed by atoms with Crippen LogP contribution >= 0.6 is 22.9 Å². The maximum atomic E-state index is 5.90. The van der Waals surface area contributed by atoms with E-state index in [1.165, 1.54) is 17.7 Å². The summed E-state index contributed by atoms with van der Waals surface area (Å²) >= 11 is 7.55. The highest BCUT2D eigenvalue weighted by Gasteiger charge is 2.15. The molecule has 0 amide bonds. The summed E-state index contributed by atoms with van der Waals surface area (Å²) in [4.78, 5) is 3.70. The number of hydrogen-bond acceptors (Lipinski definition) is 4. The highest BCUT2D eigenvalue weighted by Crippen LogP contribution is 2.20. The Morgan fingerprint density at radius 3 is 3.11 bits per heavy atom. The van der Waals surface area contributed by atoms with Crippen LogP contribution < -0.4 is 5.32 Å². The van der Waals surface area contributed by atoms with Gasteiger partial charge >= 0.3 is 0 Å². The predicted molar refractivity (Wildman–Crippen MR) is 82.1 cm³/mol. The normalized spacial score (nSPS) is 20.1. The van der Waals surface area contributed by atoms with Gasteiger partial charge in [0.15, 0.2) is 0 Å². The molecule has 5 heteroatoms. The van der Waals surface area contributed by atoms with Crippen LogP contribution in [0.5, 0.6) is 0 Å². The van der Waals surface area contributed by atoms with Gasteiger partial charge in [-0.1, -0.05) is 11.6 Å². The summed E-state index contributed by atoms with van der Waals surface area (Å²) in [5.41, 5.74) is 0. The number of rotatable bonds is 7. The molecule has 0 saturated carbocycles. The maximum Gasteiger partial charge on any atom is 0.0931 e. The Morgan fingerprint density at radius 2 is 2.42 bits per heavy atom. The summed E-state index contributed by atoms with van der Waals surface area (Å²) in [6, 6.07) is 4.04. The maximum absolute atomic E-state index is 5.90. The number of nitrogens with one attached hydrogen (secondary N) is 1. The van der Waals surface area contributed by atoms with Gasteiger partial charge in [-0.3, -0.25) is 0 Å². The Hall–Kier alpha value is -0.130. The van der Waals surface area contributed by atoms with Crippen molar-refractivity contribution in [2.45, 2.75) is 19.4 Å². The Balaban J connectivity index is 1.54. The lowest BCUT2D eigenvalue weighted by Gasteiger charge is -2.27. The summed E-state index contributed by atoms with van der Waals surface area (Å²) in [5.74, 6) is 0.717. The number of hydrogen-bond donors (Lipinski definition) is 1. The molecule has 1 fully saturated rings. The molecule has 1 aliphatic heterocycles. The molecule has 1 aliphatic rings. The lowest BCUT2D eigenvalue weighted by molar-refractivity contribution is 0.0422. The fraction of sp³-hybridized carbons (Fsp3) is 0.714. The largest absolute Gasteiger partial charge is 0.381 e. The lowest BCUT2D eigenvalue weighted by atomic mass is 10.0. The van der Waals surface area contributed by atoms with E-state index in [0.717, 1.165) is 49.6 Å². The van der Waals surface area contributed by atoms with Gasteiger partial charge in [-0.05, 0) is 37.9 Å². The van der Waals surface area contributed by atoms with E-state index < -0.39 is 0 Å². The van der Waals surface area contributed by atoms with Gasteiger partial charge < -0.3 is 15.0 Å². The quantitative estimate of drug-likeness (QED) is 0.784. The molecule has 0 spiro atoms. The standard InChI is InChI=1S/C14H23ClN2OS/c1-17(10-12-3-2-8-18-11-12)7-6-16-9-13-4-5-14(15)19-13/h4-5,12,16H,2-3,6-11H2,1H3. The zero-order valence-corrected chi connectivity index (χ0v) is 13.1. The summed E-state index contributed by atoms with van der Waals surface area (Å²) < 4.78 is 6.38. The zero-order valence-electron chi connectivity index (χ0n) is 11.5. The molecule has 3 nitrogen and oxygen atoms in total. The van der Waals surface area contributed by atoms with E-state index in [9.17, 15) is 0 Å². The minimum Gasteiger partial charge on any atom is -0.381 e. The van der Waals surface area contributed by atoms with Crippen LogP contribution in [0.4, 0.5) is 0 Å². The van der Waals surface area contributed by atoms with Crippen molar-refractivity contribution in [2.24, 2.45) is 5.92 Å². The third-order valence-corrected chi connectivity index (χ3v) is 4.65. The first-order chi connectivity index (χ1) is 9.24. The van der Waals surface area contributed by atoms with Gasteiger partial charge in [0.25, 0.3) is 0 Å². The molecule has 2 rings (SSSR count). The first-order valence-corrected chi connectivity index (χ1v) is 8.14. The van der Waals surface area contributed by atoms with E-state index in [-0.39, 0.29) is 0 Å². The molecule has 1 N–H and O–H groups in total. The van der Waals surface area contributed by atoms with Gasteiger partial charge in [0.1, 0.15) is 0 Å². The van der Waals surface area contributed by atoms with Crippen molar-refractivity contribution in [3.8, 4) is 0 Å². The van der Waals surface area contributed by atoms with Crippen LogP contribution in [0.25, 0.3) is 0 Å². The molecule has 0 radical (unpaired) electrons. The molecule has 1 aromatic heterocycles. The third-order valence-electron chi connectivity index (χ3n) is 3.42. The minimum absolute atomic E-state index is 0.717. The number of halogens is 1. The van der Waals surface area contributed by atoms with Gasteiger partial charge in [-0.15, -0.1) is 11.3 Å². The third kappa shape index (κ3) is 5.79. The Bertz CT molecular complexity index is 366. The van der Waals surface area contributed by atoms with Crippen LogP contribution in [-0.4, -0.2) is 44.8 Å². The van der Waals surface area contributed by atoms with Crippen molar-refractivity contribution in [3.05, 3.63) is 21.3 Å². The minimum atomic E-state index is 0.717. The molecule has 1 atom stereocenters. The van der Waals surface area contributed by atoms with Crippen molar-refractivity contribution in [1.82, 2.24) is 10.2 Å². The van der Waals surface area contributed by atoms with E-state index in [2.05, 4.69) is 23.3 Å². The van der Waals surface area contributed by atoms with Crippen molar-refractivity contribution < 1.29 is 4.74 Å². The number of ether oxygens (including phenoxy) is 1. The number of nitrogens with zero attached hydrogens (tertiary/aromatic N) is 1. The van der Waals surface area contributed by atoms with Crippen LogP contribution in [0.2, 0.25) is 4.34 Å². The molecule has 0 aromatic carbocycles. The summed E-state index contributed by atoms with van der Waals surface area (Å²) in [5, 5.41) is 3.46. The smallest absolute Gasteiger partial charge is 0.0931 e. The first kappa shape index (κ1) is 15.3. The van der Waals surface area contributed by atoms with Crippen LogP contribution in [0.15, 0.2) is 12.1 Å². The summed E-state index contributed by atoms with van der Waals surface area (Å²) in [6.07, 6.45) is 2.53. The average molecular weight is 303 g/mol. The van der Waals surface area contributed by atoms with Crippen LogP contribution in [-0.2, 0) is 11.3 Å². The van der Waals surface area contributed by atoms with Gasteiger partial charge in [-0.25, -0.2) is 0 Å². The predicted octanol–water partition coefficient (Wildman–Crippen LogP) is 2.85. The molecular weight excluding hydrogens is 280 g/mol. The second-order valence-electron chi connectivity index (χ2n) is 5.23. The van der Waals surface area contributed by atoms with Crippen LogP contribution in [0.1, 0.15) is 17.7 Å². The summed E-state index contributed by atoms with van der Waals surface area (Å²) in [6.45, 7) is 6.04. The second kappa shape index (κ2) is 8.22. The molecule has 108 valence electrons. The van der Waals surface area contributed by atoms with E-state index in [4.69, 9.17) is 16.3 Å². The molecule has 19 heavy (non-hydrogen) atoms. The zero-order chi connectivity index (χ0) is 13.5. The van der Waals surface area contributed by atoms with Crippen molar-refractivity contribution in [1.29, 1.82) is 0 Å². The molecule has 0 bridgehead atoms. The van der Waals surface area contributed by atoms with Crippen LogP contribution in [0, 0.1) is 5.92 Å². The van der Waals surface area contributed by atoms with Gasteiger partial charge in [0.05, 0.1) is 10.9 Å². The SMILES string of the molecule is CN(CCNCc1ccc(Cl)s1)CC1CCCOC1. The second-order valence-corrected chi connectivity index (χ2v) is 7.03. The van der Waals surface area contributed by atoms with Crippen molar-refractivity contribution in [3.63, 3.8) is 0 Å². The van der Waals surface area contributed by atoms with Gasteiger partial charge in [0.2, 0.25) is 0 Å². The monoisotopic (exact) mass is 302 g/mol. The fourth-order valence-electron chi connectivity index (χ4n) is 2.41. The molecule has 1 saturated heterocycles. The average Bonchev–Trinajstić information content (AvgIpc) is 2.82. The fourth-order valence-corrected chi connectivity index (χ4v) is 3.47. The molecule has 2 heterocycles. The van der Waals surface area contributed by atoms with E-state index in [1.54, 1.807) is 11.3 Å². The molecule has 1 aromatic rings. The number of thiophene rings is 1. The van der Waals surface area contributed by atoms with E-state index in [0.29, 0.717) is 0 Å². The van der Waals surface area contributed by atoms with Crippen molar-refractivity contribution >= 4 is 22.9 Å². The van der Waals surface area contributed by atoms with E-state index in [1.807, 2.05) is 6.07 Å². The lowest BCUT2D eigenvalue weighted by Crippen LogP contribution is -2.35. The Labute approximate surface area is 124 Å². The highest BCUT2D eigenvalue weighted by molar-refractivity contribution is 7.16. The molecular formula is C14H23ClN2OS. The number of likely N-dealkylation sites (N-methyl/N-ethyl adjacent to an activating group) is 1. The molecule has 1 unspecified atom stereocenters. The van der Waals surface area contributed by atoms with Crippen LogP contribution in [0.3, 0.4) is 0 Å². The highest BCUT2D eigenvalue weighted by atomic mass is 35.5. The Morgan fingerprint density at radius 1 is 1.53 bits per heavy atom.